The fourth-order valence-corrected chi connectivity index (χ4v) is 3.90. The molecule has 2 amide bonds. The molecule has 0 radical (unpaired) electrons. The fourth-order valence-electron chi connectivity index (χ4n) is 3.90. The van der Waals surface area contributed by atoms with Crippen molar-refractivity contribution in [1.29, 1.82) is 0 Å². The van der Waals surface area contributed by atoms with E-state index in [2.05, 4.69) is 10.6 Å². The minimum atomic E-state index is -0.124. The molecule has 0 unspecified atom stereocenters. The molecule has 0 bridgehead atoms. The molecule has 27 heavy (non-hydrogen) atoms. The third-order valence-corrected chi connectivity index (χ3v) is 5.58. The van der Waals surface area contributed by atoms with Crippen molar-refractivity contribution in [1.82, 2.24) is 15.6 Å². The minimum absolute atomic E-state index is 0.0282. The van der Waals surface area contributed by atoms with E-state index in [0.717, 1.165) is 42.3 Å². The predicted octanol–water partition coefficient (Wildman–Crippen LogP) is 3.68. The van der Waals surface area contributed by atoms with Gasteiger partial charge in [0.25, 0.3) is 5.91 Å². The Hall–Kier alpha value is -2.43. The lowest BCUT2D eigenvalue weighted by atomic mass is 9.95. The summed E-state index contributed by atoms with van der Waals surface area (Å²) in [6, 6.07) is 10.0. The zero-order valence-corrected chi connectivity index (χ0v) is 15.7. The number of carbonyl (C=O) groups excluding carboxylic acids is 2. The number of nitrogens with one attached hydrogen (secondary N) is 2. The molecule has 4 rings (SSSR count). The van der Waals surface area contributed by atoms with Crippen molar-refractivity contribution in [3.63, 3.8) is 0 Å². The van der Waals surface area contributed by atoms with Crippen LogP contribution in [0.15, 0.2) is 30.3 Å². The number of pyridine rings is 1. The van der Waals surface area contributed by atoms with E-state index in [1.165, 1.54) is 19.3 Å². The van der Waals surface area contributed by atoms with Crippen molar-refractivity contribution in [2.75, 3.05) is 6.54 Å². The second kappa shape index (κ2) is 8.07. The molecule has 2 saturated carbocycles. The zero-order chi connectivity index (χ0) is 18.6. The largest absolute Gasteiger partial charge is 0.353 e. The van der Waals surface area contributed by atoms with E-state index in [0.29, 0.717) is 30.5 Å². The van der Waals surface area contributed by atoms with E-state index in [4.69, 9.17) is 4.98 Å². The number of carbonyl (C=O) groups is 2. The quantitative estimate of drug-likeness (QED) is 0.820. The topological polar surface area (TPSA) is 71.1 Å². The highest BCUT2D eigenvalue weighted by atomic mass is 16.2. The third kappa shape index (κ3) is 4.46. The minimum Gasteiger partial charge on any atom is -0.353 e. The summed E-state index contributed by atoms with van der Waals surface area (Å²) in [7, 11) is 0. The summed E-state index contributed by atoms with van der Waals surface area (Å²) in [5.41, 5.74) is 2.53. The summed E-state index contributed by atoms with van der Waals surface area (Å²) >= 11 is 0. The van der Waals surface area contributed by atoms with Crippen LogP contribution in [0, 0.1) is 0 Å². The van der Waals surface area contributed by atoms with Gasteiger partial charge < -0.3 is 10.6 Å². The summed E-state index contributed by atoms with van der Waals surface area (Å²) in [4.78, 5) is 29.6. The van der Waals surface area contributed by atoms with Gasteiger partial charge in [-0.2, -0.15) is 0 Å². The maximum absolute atomic E-state index is 12.8. The van der Waals surface area contributed by atoms with Gasteiger partial charge in [0.1, 0.15) is 0 Å². The Morgan fingerprint density at radius 3 is 2.59 bits per heavy atom. The summed E-state index contributed by atoms with van der Waals surface area (Å²) in [6.45, 7) is 0.354. The summed E-state index contributed by atoms with van der Waals surface area (Å²) in [6.07, 6.45) is 8.42. The van der Waals surface area contributed by atoms with Crippen molar-refractivity contribution >= 4 is 22.7 Å². The molecule has 1 aromatic heterocycles. The molecule has 2 fully saturated rings. The number of nitrogens with zero attached hydrogens (tertiary/aromatic N) is 1. The lowest BCUT2D eigenvalue weighted by molar-refractivity contribution is -0.121. The van der Waals surface area contributed by atoms with Gasteiger partial charge >= 0.3 is 0 Å². The van der Waals surface area contributed by atoms with Crippen LogP contribution in [0.4, 0.5) is 0 Å². The lowest BCUT2D eigenvalue weighted by Gasteiger charge is -2.22. The van der Waals surface area contributed by atoms with Crippen LogP contribution in [0.25, 0.3) is 10.9 Å². The van der Waals surface area contributed by atoms with Crippen LogP contribution >= 0.6 is 0 Å². The molecule has 5 heteroatoms. The molecular weight excluding hydrogens is 338 g/mol. The second-order valence-corrected chi connectivity index (χ2v) is 7.79. The van der Waals surface area contributed by atoms with Gasteiger partial charge in [0.05, 0.1) is 11.1 Å². The van der Waals surface area contributed by atoms with E-state index in [1.54, 1.807) is 0 Å². The molecule has 1 heterocycles. The molecule has 0 aliphatic heterocycles. The normalized spacial score (nSPS) is 17.6. The highest BCUT2D eigenvalue weighted by molar-refractivity contribution is 6.06. The standard InChI is InChI=1S/C22H27N3O2/c26-21(24-16-6-2-1-3-7-16)12-13-23-22(27)18-14-20(15-10-11-15)25-19-9-5-4-8-17(18)19/h4-5,8-9,14-16H,1-3,6-7,10-13H2,(H,23,27)(H,24,26). The third-order valence-electron chi connectivity index (χ3n) is 5.58. The Bertz CT molecular complexity index is 839. The summed E-state index contributed by atoms with van der Waals surface area (Å²) < 4.78 is 0. The molecule has 2 aromatic rings. The highest BCUT2D eigenvalue weighted by Crippen LogP contribution is 2.40. The number of rotatable bonds is 6. The predicted molar refractivity (Wildman–Crippen MR) is 106 cm³/mol. The molecule has 0 spiro atoms. The van der Waals surface area contributed by atoms with E-state index in [9.17, 15) is 9.59 Å². The van der Waals surface area contributed by atoms with Gasteiger partial charge in [0.15, 0.2) is 0 Å². The van der Waals surface area contributed by atoms with Crippen LogP contribution in [0.5, 0.6) is 0 Å². The van der Waals surface area contributed by atoms with Gasteiger partial charge in [0.2, 0.25) is 5.91 Å². The van der Waals surface area contributed by atoms with Gasteiger partial charge in [-0.15, -0.1) is 0 Å². The first-order chi connectivity index (χ1) is 13.2. The van der Waals surface area contributed by atoms with Crippen LogP contribution in [-0.2, 0) is 4.79 Å². The van der Waals surface area contributed by atoms with E-state index in [1.807, 2.05) is 30.3 Å². The van der Waals surface area contributed by atoms with Crippen molar-refractivity contribution in [3.05, 3.63) is 41.6 Å². The molecule has 2 N–H and O–H groups in total. The van der Waals surface area contributed by atoms with Crippen LogP contribution in [0.2, 0.25) is 0 Å². The molecule has 5 nitrogen and oxygen atoms in total. The molecule has 142 valence electrons. The van der Waals surface area contributed by atoms with Crippen LogP contribution in [0.1, 0.15) is 73.3 Å². The molecule has 2 aliphatic rings. The number of hydrogen-bond donors (Lipinski definition) is 2. The summed E-state index contributed by atoms with van der Waals surface area (Å²) in [5, 5.41) is 6.88. The van der Waals surface area contributed by atoms with E-state index < -0.39 is 0 Å². The van der Waals surface area contributed by atoms with Gasteiger partial charge in [-0.05, 0) is 37.8 Å². The van der Waals surface area contributed by atoms with Crippen molar-refractivity contribution in [2.24, 2.45) is 0 Å². The van der Waals surface area contributed by atoms with Crippen molar-refractivity contribution in [3.8, 4) is 0 Å². The Labute approximate surface area is 159 Å². The fraction of sp³-hybridized carbons (Fsp3) is 0.500. The number of fused-ring (bicyclic) bond motifs is 1. The Morgan fingerprint density at radius 1 is 1.04 bits per heavy atom. The number of aromatic nitrogens is 1. The first kappa shape index (κ1) is 18.0. The Kier molecular flexibility index (Phi) is 5.37. The smallest absolute Gasteiger partial charge is 0.252 e. The Morgan fingerprint density at radius 2 is 1.81 bits per heavy atom. The van der Waals surface area contributed by atoms with E-state index >= 15 is 0 Å². The van der Waals surface area contributed by atoms with Crippen molar-refractivity contribution in [2.45, 2.75) is 63.3 Å². The average molecular weight is 365 g/mol. The molecule has 0 saturated heterocycles. The SMILES string of the molecule is O=C(CCNC(=O)c1cc(C2CC2)nc2ccccc12)NC1CCCCC1. The number of hydrogen-bond acceptors (Lipinski definition) is 3. The Balaban J connectivity index is 1.37. The van der Waals surface area contributed by atoms with Gasteiger partial charge in [0, 0.05) is 36.0 Å². The highest BCUT2D eigenvalue weighted by Gasteiger charge is 2.27. The van der Waals surface area contributed by atoms with Gasteiger partial charge in [-0.25, -0.2) is 0 Å². The monoisotopic (exact) mass is 365 g/mol. The van der Waals surface area contributed by atoms with Gasteiger partial charge in [-0.1, -0.05) is 37.5 Å². The first-order valence-corrected chi connectivity index (χ1v) is 10.2. The van der Waals surface area contributed by atoms with Crippen LogP contribution < -0.4 is 10.6 Å². The number of para-hydroxylation sites is 1. The number of benzene rings is 1. The molecule has 2 aliphatic carbocycles. The van der Waals surface area contributed by atoms with Gasteiger partial charge in [-0.3, -0.25) is 14.6 Å². The summed E-state index contributed by atoms with van der Waals surface area (Å²) in [5.74, 6) is 0.392. The second-order valence-electron chi connectivity index (χ2n) is 7.79. The lowest BCUT2D eigenvalue weighted by Crippen LogP contribution is -2.38. The van der Waals surface area contributed by atoms with Crippen LogP contribution in [-0.4, -0.2) is 29.4 Å². The molecule has 1 aromatic carbocycles. The molecular formula is C22H27N3O2. The van der Waals surface area contributed by atoms with Crippen LogP contribution in [0.3, 0.4) is 0 Å². The maximum Gasteiger partial charge on any atom is 0.252 e. The maximum atomic E-state index is 12.8. The molecule has 0 atom stereocenters. The van der Waals surface area contributed by atoms with E-state index in [-0.39, 0.29) is 11.8 Å². The number of amides is 2. The zero-order valence-electron chi connectivity index (χ0n) is 15.7. The first-order valence-electron chi connectivity index (χ1n) is 10.2. The van der Waals surface area contributed by atoms with Crippen molar-refractivity contribution < 1.29 is 9.59 Å². The average Bonchev–Trinajstić information content (AvgIpc) is 3.53.